The molecule has 0 saturated carbocycles. The predicted molar refractivity (Wildman–Crippen MR) is 93.0 cm³/mol. The van der Waals surface area contributed by atoms with Crippen LogP contribution in [0.5, 0.6) is 11.5 Å². The van der Waals surface area contributed by atoms with Gasteiger partial charge in [0.2, 0.25) is 0 Å². The molecule has 2 heterocycles. The molecular weight excluding hydrogens is 316 g/mol. The summed E-state index contributed by atoms with van der Waals surface area (Å²) in [5, 5.41) is 17.6. The molecule has 4 rings (SSSR count). The first-order valence-electron chi connectivity index (χ1n) is 8.39. The molecule has 1 aliphatic heterocycles. The Hall–Kier alpha value is -2.70. The van der Waals surface area contributed by atoms with E-state index in [0.29, 0.717) is 5.69 Å². The van der Waals surface area contributed by atoms with E-state index in [0.717, 1.165) is 48.9 Å². The summed E-state index contributed by atoms with van der Waals surface area (Å²) in [5.41, 5.74) is 2.80. The molecule has 3 aromatic rings. The van der Waals surface area contributed by atoms with Crippen molar-refractivity contribution in [3.8, 4) is 11.5 Å². The van der Waals surface area contributed by atoms with Gasteiger partial charge in [-0.1, -0.05) is 41.6 Å². The number of hydrogen-bond acceptors (Lipinski definition) is 5. The van der Waals surface area contributed by atoms with Gasteiger partial charge in [-0.3, -0.25) is 4.90 Å². The third-order valence-corrected chi connectivity index (χ3v) is 4.41. The topological polar surface area (TPSA) is 63.4 Å². The minimum Gasteiger partial charge on any atom is -0.457 e. The van der Waals surface area contributed by atoms with Crippen LogP contribution in [0.2, 0.25) is 0 Å². The molecule has 0 spiro atoms. The van der Waals surface area contributed by atoms with Crippen molar-refractivity contribution >= 4 is 0 Å². The van der Waals surface area contributed by atoms with E-state index < -0.39 is 0 Å². The molecule has 0 radical (unpaired) electrons. The van der Waals surface area contributed by atoms with Gasteiger partial charge in [0.15, 0.2) is 0 Å². The standard InChI is InChI=1S/C19H20N4O2/c24-14-17-18-13-22(10-11-23(18)21-20-17)12-15-6-4-5-9-19(15)25-16-7-2-1-3-8-16/h1-9,24H,10-14H2. The van der Waals surface area contributed by atoms with Crippen LogP contribution in [0.15, 0.2) is 54.6 Å². The van der Waals surface area contributed by atoms with E-state index in [1.165, 1.54) is 0 Å². The molecule has 6 heteroatoms. The zero-order chi connectivity index (χ0) is 17.1. The van der Waals surface area contributed by atoms with E-state index in [4.69, 9.17) is 4.74 Å². The molecule has 128 valence electrons. The van der Waals surface area contributed by atoms with Crippen molar-refractivity contribution in [3.05, 3.63) is 71.5 Å². The summed E-state index contributed by atoms with van der Waals surface area (Å²) in [7, 11) is 0. The molecule has 0 amide bonds. The maximum atomic E-state index is 9.41. The molecule has 1 N–H and O–H groups in total. The van der Waals surface area contributed by atoms with Crippen LogP contribution >= 0.6 is 0 Å². The Morgan fingerprint density at radius 1 is 1.00 bits per heavy atom. The molecule has 0 saturated heterocycles. The lowest BCUT2D eigenvalue weighted by Gasteiger charge is -2.28. The van der Waals surface area contributed by atoms with Crippen molar-refractivity contribution in [2.24, 2.45) is 0 Å². The molecule has 25 heavy (non-hydrogen) atoms. The first kappa shape index (κ1) is 15.8. The van der Waals surface area contributed by atoms with Crippen LogP contribution in [0.4, 0.5) is 0 Å². The van der Waals surface area contributed by atoms with Crippen molar-refractivity contribution in [1.29, 1.82) is 0 Å². The largest absolute Gasteiger partial charge is 0.457 e. The van der Waals surface area contributed by atoms with Crippen LogP contribution in [-0.2, 0) is 26.2 Å². The number of aliphatic hydroxyl groups is 1. The molecule has 0 aliphatic carbocycles. The van der Waals surface area contributed by atoms with Gasteiger partial charge in [-0.15, -0.1) is 5.10 Å². The molecule has 1 aromatic heterocycles. The lowest BCUT2D eigenvalue weighted by Crippen LogP contribution is -2.34. The van der Waals surface area contributed by atoms with Crippen LogP contribution in [0.3, 0.4) is 0 Å². The maximum Gasteiger partial charge on any atom is 0.131 e. The summed E-state index contributed by atoms with van der Waals surface area (Å²) in [4.78, 5) is 2.32. The minimum absolute atomic E-state index is 0.0725. The van der Waals surface area contributed by atoms with Crippen molar-refractivity contribution in [1.82, 2.24) is 19.9 Å². The van der Waals surface area contributed by atoms with Gasteiger partial charge in [0.05, 0.1) is 18.8 Å². The summed E-state index contributed by atoms with van der Waals surface area (Å²) in [5.74, 6) is 1.70. The van der Waals surface area contributed by atoms with E-state index >= 15 is 0 Å². The molecule has 0 atom stereocenters. The number of ether oxygens (including phenoxy) is 1. The molecule has 2 aromatic carbocycles. The van der Waals surface area contributed by atoms with Crippen LogP contribution in [0.1, 0.15) is 17.0 Å². The Kier molecular flexibility index (Phi) is 4.45. The van der Waals surface area contributed by atoms with Gasteiger partial charge in [-0.2, -0.15) is 0 Å². The second-order valence-corrected chi connectivity index (χ2v) is 6.10. The molecule has 0 unspecified atom stereocenters. The number of rotatable bonds is 5. The lowest BCUT2D eigenvalue weighted by molar-refractivity contribution is 0.199. The lowest BCUT2D eigenvalue weighted by atomic mass is 10.1. The molecule has 6 nitrogen and oxygen atoms in total. The SMILES string of the molecule is OCc1nnn2c1CN(Cc1ccccc1Oc1ccccc1)CC2. The Morgan fingerprint density at radius 3 is 2.64 bits per heavy atom. The highest BCUT2D eigenvalue weighted by atomic mass is 16.5. The predicted octanol–water partition coefficient (Wildman–Crippen LogP) is 2.58. The van der Waals surface area contributed by atoms with E-state index in [-0.39, 0.29) is 6.61 Å². The Labute approximate surface area is 146 Å². The van der Waals surface area contributed by atoms with Crippen LogP contribution < -0.4 is 4.74 Å². The van der Waals surface area contributed by atoms with Gasteiger partial charge in [-0.05, 0) is 18.2 Å². The van der Waals surface area contributed by atoms with Gasteiger partial charge in [0.25, 0.3) is 0 Å². The normalized spacial score (nSPS) is 14.3. The monoisotopic (exact) mass is 336 g/mol. The molecule has 0 bridgehead atoms. The average molecular weight is 336 g/mol. The smallest absolute Gasteiger partial charge is 0.131 e. The fourth-order valence-electron chi connectivity index (χ4n) is 3.10. The van der Waals surface area contributed by atoms with Gasteiger partial charge in [-0.25, -0.2) is 4.68 Å². The Balaban J connectivity index is 1.52. The first-order chi connectivity index (χ1) is 12.3. The number of aromatic nitrogens is 3. The molecule has 0 fully saturated rings. The van der Waals surface area contributed by atoms with E-state index in [1.54, 1.807) is 0 Å². The highest BCUT2D eigenvalue weighted by Gasteiger charge is 2.22. The Morgan fingerprint density at radius 2 is 1.80 bits per heavy atom. The van der Waals surface area contributed by atoms with Crippen molar-refractivity contribution in [2.45, 2.75) is 26.2 Å². The first-order valence-corrected chi connectivity index (χ1v) is 8.39. The zero-order valence-corrected chi connectivity index (χ0v) is 13.9. The quantitative estimate of drug-likeness (QED) is 0.776. The van der Waals surface area contributed by atoms with Crippen molar-refractivity contribution < 1.29 is 9.84 Å². The summed E-state index contributed by atoms with van der Waals surface area (Å²) in [6.45, 7) is 3.10. The molecular formula is C19H20N4O2. The zero-order valence-electron chi connectivity index (χ0n) is 13.9. The number of fused-ring (bicyclic) bond motifs is 1. The van der Waals surface area contributed by atoms with E-state index in [1.807, 2.05) is 53.2 Å². The number of aliphatic hydroxyl groups excluding tert-OH is 1. The summed E-state index contributed by atoms with van der Waals surface area (Å²) in [6, 6.07) is 17.9. The van der Waals surface area contributed by atoms with Crippen molar-refractivity contribution in [3.63, 3.8) is 0 Å². The number of hydrogen-bond donors (Lipinski definition) is 1. The summed E-state index contributed by atoms with van der Waals surface area (Å²) < 4.78 is 7.94. The number of para-hydroxylation sites is 2. The van der Waals surface area contributed by atoms with Crippen LogP contribution in [-0.4, -0.2) is 31.5 Å². The summed E-state index contributed by atoms with van der Waals surface area (Å²) in [6.07, 6.45) is 0. The highest BCUT2D eigenvalue weighted by Crippen LogP contribution is 2.27. The van der Waals surface area contributed by atoms with Crippen LogP contribution in [0, 0.1) is 0 Å². The highest BCUT2D eigenvalue weighted by molar-refractivity contribution is 5.37. The third-order valence-electron chi connectivity index (χ3n) is 4.41. The van der Waals surface area contributed by atoms with Crippen LogP contribution in [0.25, 0.3) is 0 Å². The van der Waals surface area contributed by atoms with Crippen molar-refractivity contribution in [2.75, 3.05) is 6.54 Å². The van der Waals surface area contributed by atoms with Gasteiger partial charge in [0, 0.05) is 25.2 Å². The van der Waals surface area contributed by atoms with Gasteiger partial charge < -0.3 is 9.84 Å². The summed E-state index contributed by atoms with van der Waals surface area (Å²) >= 11 is 0. The fraction of sp³-hybridized carbons (Fsp3) is 0.263. The fourth-order valence-corrected chi connectivity index (χ4v) is 3.10. The van der Waals surface area contributed by atoms with Gasteiger partial charge in [0.1, 0.15) is 17.2 Å². The molecule has 1 aliphatic rings. The Bertz CT molecular complexity index is 834. The second-order valence-electron chi connectivity index (χ2n) is 6.10. The van der Waals surface area contributed by atoms with Gasteiger partial charge >= 0.3 is 0 Å². The second kappa shape index (κ2) is 7.04. The minimum atomic E-state index is -0.0725. The number of nitrogens with zero attached hydrogens (tertiary/aromatic N) is 4. The average Bonchev–Trinajstić information content (AvgIpc) is 3.06. The van der Waals surface area contributed by atoms with E-state index in [9.17, 15) is 5.11 Å². The van der Waals surface area contributed by atoms with E-state index in [2.05, 4.69) is 21.3 Å². The maximum absolute atomic E-state index is 9.41. The third kappa shape index (κ3) is 3.40. The number of benzene rings is 2.